The first kappa shape index (κ1) is 17.9. The van der Waals surface area contributed by atoms with E-state index in [0.717, 1.165) is 17.4 Å². The van der Waals surface area contributed by atoms with Gasteiger partial charge in [-0.2, -0.15) is 0 Å². The summed E-state index contributed by atoms with van der Waals surface area (Å²) in [6, 6.07) is 8.83. The molecular formula is C20H23F2N3O2. The highest BCUT2D eigenvalue weighted by atomic mass is 19.3. The van der Waals surface area contributed by atoms with Crippen LogP contribution in [0.2, 0.25) is 0 Å². The maximum Gasteiger partial charge on any atom is 0.334 e. The molecule has 0 bridgehead atoms. The van der Waals surface area contributed by atoms with Crippen molar-refractivity contribution in [3.8, 4) is 5.69 Å². The normalized spacial score (nSPS) is 22.5. The van der Waals surface area contributed by atoms with Crippen molar-refractivity contribution in [2.24, 2.45) is 5.92 Å². The summed E-state index contributed by atoms with van der Waals surface area (Å²) in [4.78, 5) is 28.3. The average molecular weight is 375 g/mol. The molecule has 2 aliphatic rings. The predicted molar refractivity (Wildman–Crippen MR) is 99.9 cm³/mol. The van der Waals surface area contributed by atoms with Gasteiger partial charge in [0.2, 0.25) is 5.92 Å². The maximum atomic E-state index is 13.5. The van der Waals surface area contributed by atoms with Crippen LogP contribution in [0.3, 0.4) is 0 Å². The Morgan fingerprint density at radius 3 is 2.44 bits per heavy atom. The number of anilines is 1. The van der Waals surface area contributed by atoms with Crippen LogP contribution < -0.4 is 16.6 Å². The van der Waals surface area contributed by atoms with Crippen LogP contribution in [0.15, 0.2) is 39.9 Å². The van der Waals surface area contributed by atoms with Gasteiger partial charge < -0.3 is 5.32 Å². The van der Waals surface area contributed by atoms with E-state index in [9.17, 15) is 18.4 Å². The van der Waals surface area contributed by atoms with Crippen molar-refractivity contribution in [3.63, 3.8) is 0 Å². The molecule has 0 unspecified atom stereocenters. The molecule has 1 aromatic carbocycles. The number of alkyl halides is 2. The Morgan fingerprint density at radius 1 is 1.04 bits per heavy atom. The summed E-state index contributed by atoms with van der Waals surface area (Å²) in [5, 5.41) is 3.30. The molecule has 1 aromatic heterocycles. The van der Waals surface area contributed by atoms with Crippen LogP contribution in [-0.2, 0) is 6.42 Å². The van der Waals surface area contributed by atoms with Crippen LogP contribution in [0.1, 0.15) is 44.1 Å². The van der Waals surface area contributed by atoms with E-state index in [1.165, 1.54) is 0 Å². The van der Waals surface area contributed by atoms with Crippen LogP contribution >= 0.6 is 0 Å². The number of nitrogens with one attached hydrogen (secondary N) is 2. The fourth-order valence-electron chi connectivity index (χ4n) is 4.31. The van der Waals surface area contributed by atoms with Crippen molar-refractivity contribution in [1.29, 1.82) is 0 Å². The van der Waals surface area contributed by atoms with E-state index in [4.69, 9.17) is 0 Å². The lowest BCUT2D eigenvalue weighted by atomic mass is 9.80. The number of aromatic nitrogens is 2. The van der Waals surface area contributed by atoms with Gasteiger partial charge in [0, 0.05) is 18.9 Å². The fraction of sp³-hybridized carbons (Fsp3) is 0.500. The summed E-state index contributed by atoms with van der Waals surface area (Å²) in [7, 11) is 0. The molecule has 0 amide bonds. The highest BCUT2D eigenvalue weighted by Crippen LogP contribution is 2.39. The largest absolute Gasteiger partial charge is 0.368 e. The topological polar surface area (TPSA) is 66.9 Å². The van der Waals surface area contributed by atoms with Gasteiger partial charge >= 0.3 is 5.69 Å². The summed E-state index contributed by atoms with van der Waals surface area (Å²) in [6.45, 7) is 0. The SMILES string of the molecule is O=c1[nH]c2c(c(=O)n1-c1ccccc1)CCC[C@H](C1CCC(F)(F)CC1)N2. The smallest absolute Gasteiger partial charge is 0.334 e. The fourth-order valence-corrected chi connectivity index (χ4v) is 4.31. The summed E-state index contributed by atoms with van der Waals surface area (Å²) < 4.78 is 28.1. The lowest BCUT2D eigenvalue weighted by molar-refractivity contribution is -0.0477. The molecule has 5 nitrogen and oxygen atoms in total. The minimum Gasteiger partial charge on any atom is -0.368 e. The molecule has 0 spiro atoms. The van der Waals surface area contributed by atoms with Crippen molar-refractivity contribution in [3.05, 3.63) is 56.7 Å². The highest BCUT2D eigenvalue weighted by Gasteiger charge is 2.38. The Kier molecular flexibility index (Phi) is 4.61. The standard InChI is InChI=1S/C20H23F2N3O2/c21-20(22)11-9-13(10-12-20)16-8-4-7-15-17(23-16)24-19(27)25(18(15)26)14-5-2-1-3-6-14/h1-3,5-6,13,16,23H,4,7-12H2,(H,24,27)/t16-/m1/s1. The van der Waals surface area contributed by atoms with E-state index in [1.807, 2.05) is 6.07 Å². The summed E-state index contributed by atoms with van der Waals surface area (Å²) in [6.07, 6.45) is 2.90. The molecule has 4 rings (SSSR count). The van der Waals surface area contributed by atoms with Crippen LogP contribution in [0.4, 0.5) is 14.6 Å². The van der Waals surface area contributed by atoms with Gasteiger partial charge in [-0.1, -0.05) is 18.2 Å². The van der Waals surface area contributed by atoms with Crippen LogP contribution in [0, 0.1) is 5.92 Å². The second-order valence-corrected chi connectivity index (χ2v) is 7.60. The number of aromatic amines is 1. The molecule has 2 N–H and O–H groups in total. The molecule has 1 aliphatic heterocycles. The van der Waals surface area contributed by atoms with Crippen molar-refractivity contribution in [2.45, 2.75) is 56.9 Å². The Labute approximate surface area is 155 Å². The zero-order chi connectivity index (χ0) is 19.0. The first-order chi connectivity index (χ1) is 12.9. The number of nitrogens with zero attached hydrogens (tertiary/aromatic N) is 1. The molecule has 144 valence electrons. The molecule has 1 aliphatic carbocycles. The van der Waals surface area contributed by atoms with Crippen molar-refractivity contribution in [2.75, 3.05) is 5.32 Å². The minimum absolute atomic E-state index is 0.00461. The number of fused-ring (bicyclic) bond motifs is 1. The second kappa shape index (κ2) is 6.94. The molecule has 0 saturated heterocycles. The van der Waals surface area contributed by atoms with E-state index < -0.39 is 11.6 Å². The van der Waals surface area contributed by atoms with Gasteiger partial charge in [-0.05, 0) is 50.2 Å². The van der Waals surface area contributed by atoms with Gasteiger partial charge in [-0.15, -0.1) is 0 Å². The molecule has 2 aromatic rings. The van der Waals surface area contributed by atoms with Gasteiger partial charge in [0.1, 0.15) is 5.82 Å². The number of hydrogen-bond acceptors (Lipinski definition) is 3. The second-order valence-electron chi connectivity index (χ2n) is 7.60. The van der Waals surface area contributed by atoms with Gasteiger partial charge in [-0.3, -0.25) is 9.78 Å². The van der Waals surface area contributed by atoms with Crippen LogP contribution in [0.5, 0.6) is 0 Å². The lowest BCUT2D eigenvalue weighted by Gasteiger charge is -2.34. The molecule has 7 heteroatoms. The Morgan fingerprint density at radius 2 is 1.74 bits per heavy atom. The summed E-state index contributed by atoms with van der Waals surface area (Å²) in [5.74, 6) is -1.97. The van der Waals surface area contributed by atoms with E-state index >= 15 is 0 Å². The van der Waals surface area contributed by atoms with Crippen LogP contribution in [0.25, 0.3) is 5.69 Å². The number of hydrogen-bond donors (Lipinski definition) is 2. The molecule has 1 atom stereocenters. The van der Waals surface area contributed by atoms with E-state index in [2.05, 4.69) is 10.3 Å². The van der Waals surface area contributed by atoms with Crippen molar-refractivity contribution >= 4 is 5.82 Å². The molecule has 1 saturated carbocycles. The van der Waals surface area contributed by atoms with Crippen LogP contribution in [-0.4, -0.2) is 21.5 Å². The number of H-pyrrole nitrogens is 1. The first-order valence-corrected chi connectivity index (χ1v) is 9.53. The molecule has 2 heterocycles. The number of halogens is 2. The van der Waals surface area contributed by atoms with Gasteiger partial charge in [0.15, 0.2) is 0 Å². The molecule has 27 heavy (non-hydrogen) atoms. The summed E-state index contributed by atoms with van der Waals surface area (Å²) >= 11 is 0. The van der Waals surface area contributed by atoms with Crippen molar-refractivity contribution < 1.29 is 8.78 Å². The quantitative estimate of drug-likeness (QED) is 0.845. The molecule has 0 radical (unpaired) electrons. The lowest BCUT2D eigenvalue weighted by Crippen LogP contribution is -2.39. The van der Waals surface area contributed by atoms with E-state index in [0.29, 0.717) is 36.3 Å². The zero-order valence-electron chi connectivity index (χ0n) is 15.0. The minimum atomic E-state index is -2.56. The monoisotopic (exact) mass is 375 g/mol. The van der Waals surface area contributed by atoms with Gasteiger partial charge in [-0.25, -0.2) is 18.1 Å². The van der Waals surface area contributed by atoms with E-state index in [1.54, 1.807) is 24.3 Å². The first-order valence-electron chi connectivity index (χ1n) is 9.53. The number of para-hydroxylation sites is 1. The van der Waals surface area contributed by atoms with Crippen molar-refractivity contribution in [1.82, 2.24) is 9.55 Å². The Balaban J connectivity index is 1.65. The molecule has 1 fully saturated rings. The number of benzene rings is 1. The zero-order valence-corrected chi connectivity index (χ0v) is 15.0. The highest BCUT2D eigenvalue weighted by molar-refractivity contribution is 5.46. The Hall–Kier alpha value is -2.44. The predicted octanol–water partition coefficient (Wildman–Crippen LogP) is 3.47. The Bertz CT molecular complexity index is 926. The maximum absolute atomic E-state index is 13.5. The van der Waals surface area contributed by atoms with Gasteiger partial charge in [0.05, 0.1) is 11.3 Å². The third-order valence-electron chi connectivity index (χ3n) is 5.81. The summed E-state index contributed by atoms with van der Waals surface area (Å²) in [5.41, 5.74) is 0.278. The third-order valence-corrected chi connectivity index (χ3v) is 5.81. The third kappa shape index (κ3) is 3.55. The molecular weight excluding hydrogens is 352 g/mol. The number of rotatable bonds is 2. The van der Waals surface area contributed by atoms with E-state index in [-0.39, 0.29) is 30.4 Å². The van der Waals surface area contributed by atoms with Gasteiger partial charge in [0.25, 0.3) is 5.56 Å². The average Bonchev–Trinajstić information content (AvgIpc) is 2.85.